The summed E-state index contributed by atoms with van der Waals surface area (Å²) in [6, 6.07) is 10.7. The number of aromatic nitrogens is 4. The van der Waals surface area contributed by atoms with Gasteiger partial charge in [-0.15, -0.1) is 11.3 Å². The van der Waals surface area contributed by atoms with Gasteiger partial charge in [0.1, 0.15) is 17.7 Å². The first-order chi connectivity index (χ1) is 11.1. The summed E-state index contributed by atoms with van der Waals surface area (Å²) in [5.41, 5.74) is 2.30. The predicted octanol–water partition coefficient (Wildman–Crippen LogP) is 3.40. The molecule has 0 amide bonds. The molecule has 1 atom stereocenters. The van der Waals surface area contributed by atoms with E-state index in [0.29, 0.717) is 6.04 Å². The van der Waals surface area contributed by atoms with Gasteiger partial charge in [0.25, 0.3) is 0 Å². The number of likely N-dealkylation sites (N-methyl/N-ethyl adjacent to an activating group) is 1. The molecule has 0 aliphatic rings. The second-order valence-electron chi connectivity index (χ2n) is 5.65. The van der Waals surface area contributed by atoms with Crippen molar-refractivity contribution in [2.45, 2.75) is 26.4 Å². The maximum Gasteiger partial charge on any atom is 0.137 e. The molecule has 2 heterocycles. The van der Waals surface area contributed by atoms with E-state index in [2.05, 4.69) is 60.1 Å². The van der Waals surface area contributed by atoms with Gasteiger partial charge in [-0.25, -0.2) is 9.97 Å². The predicted molar refractivity (Wildman–Crippen MR) is 93.4 cm³/mol. The topological polar surface area (TPSA) is 46.8 Å². The quantitative estimate of drug-likeness (QED) is 0.696. The summed E-state index contributed by atoms with van der Waals surface area (Å²) in [6.07, 6.45) is 3.33. The molecule has 120 valence electrons. The van der Waals surface area contributed by atoms with E-state index in [4.69, 9.17) is 4.98 Å². The van der Waals surface area contributed by atoms with E-state index in [1.54, 1.807) is 24.0 Å². The molecule has 3 rings (SSSR count). The average Bonchev–Trinajstić information content (AvgIpc) is 3.22. The number of thiazole rings is 1. The van der Waals surface area contributed by atoms with Crippen LogP contribution in [0.2, 0.25) is 0 Å². The Balaban J connectivity index is 1.71. The maximum atomic E-state index is 4.76. The first-order valence-corrected chi connectivity index (χ1v) is 8.52. The molecule has 0 fully saturated rings. The fourth-order valence-corrected chi connectivity index (χ4v) is 3.69. The van der Waals surface area contributed by atoms with Gasteiger partial charge < -0.3 is 0 Å². The second-order valence-corrected chi connectivity index (χ2v) is 6.68. The molecule has 0 aliphatic carbocycles. The summed E-state index contributed by atoms with van der Waals surface area (Å²) in [4.78, 5) is 12.4. The average molecular weight is 327 g/mol. The van der Waals surface area contributed by atoms with Crippen molar-refractivity contribution in [3.8, 4) is 10.6 Å². The number of rotatable bonds is 6. The minimum Gasteiger partial charge on any atom is -0.297 e. The number of nitrogens with zero attached hydrogens (tertiary/aromatic N) is 5. The molecule has 0 saturated carbocycles. The van der Waals surface area contributed by atoms with Crippen LogP contribution in [-0.2, 0) is 6.54 Å². The molecule has 1 aromatic carbocycles. The zero-order valence-corrected chi connectivity index (χ0v) is 14.5. The Kier molecular flexibility index (Phi) is 4.83. The summed E-state index contributed by atoms with van der Waals surface area (Å²) in [7, 11) is 2.14. The Labute approximate surface area is 140 Å². The minimum atomic E-state index is 0.327. The normalized spacial score (nSPS) is 12.7. The molecule has 2 aromatic heterocycles. The van der Waals surface area contributed by atoms with Gasteiger partial charge in [0.05, 0.1) is 12.2 Å². The Morgan fingerprint density at radius 1 is 1.26 bits per heavy atom. The SMILES string of the molecule is Cc1nc(-c2ccccc2)sc1C(C)N(C)CCn1cncn1. The highest BCUT2D eigenvalue weighted by atomic mass is 32.1. The van der Waals surface area contributed by atoms with Crippen LogP contribution in [0, 0.1) is 6.92 Å². The highest BCUT2D eigenvalue weighted by molar-refractivity contribution is 7.15. The van der Waals surface area contributed by atoms with Gasteiger partial charge in [-0.05, 0) is 20.9 Å². The number of benzene rings is 1. The fraction of sp³-hybridized carbons (Fsp3) is 0.353. The molecule has 0 bridgehead atoms. The molecule has 3 aromatic rings. The van der Waals surface area contributed by atoms with Gasteiger partial charge in [-0.3, -0.25) is 9.58 Å². The van der Waals surface area contributed by atoms with Crippen molar-refractivity contribution in [2.24, 2.45) is 0 Å². The van der Waals surface area contributed by atoms with E-state index < -0.39 is 0 Å². The van der Waals surface area contributed by atoms with Crippen molar-refractivity contribution in [3.05, 3.63) is 53.6 Å². The van der Waals surface area contributed by atoms with Crippen molar-refractivity contribution in [2.75, 3.05) is 13.6 Å². The molecule has 0 spiro atoms. The van der Waals surface area contributed by atoms with Crippen molar-refractivity contribution < 1.29 is 0 Å². The highest BCUT2D eigenvalue weighted by Gasteiger charge is 2.18. The lowest BCUT2D eigenvalue weighted by molar-refractivity contribution is 0.249. The van der Waals surface area contributed by atoms with Crippen molar-refractivity contribution in [3.63, 3.8) is 0 Å². The van der Waals surface area contributed by atoms with E-state index in [0.717, 1.165) is 23.8 Å². The molecule has 6 heteroatoms. The van der Waals surface area contributed by atoms with Crippen molar-refractivity contribution in [1.82, 2.24) is 24.6 Å². The molecule has 1 unspecified atom stereocenters. The number of aryl methyl sites for hydroxylation is 1. The zero-order chi connectivity index (χ0) is 16.2. The lowest BCUT2D eigenvalue weighted by Gasteiger charge is -2.23. The molecule has 23 heavy (non-hydrogen) atoms. The molecule has 5 nitrogen and oxygen atoms in total. The summed E-state index contributed by atoms with van der Waals surface area (Å²) >= 11 is 1.78. The van der Waals surface area contributed by atoms with Crippen LogP contribution in [-0.4, -0.2) is 38.2 Å². The first-order valence-electron chi connectivity index (χ1n) is 7.70. The molecular formula is C17H21N5S. The molecule has 0 N–H and O–H groups in total. The van der Waals surface area contributed by atoms with E-state index in [-0.39, 0.29) is 0 Å². The minimum absolute atomic E-state index is 0.327. The third kappa shape index (κ3) is 3.65. The molecule has 0 saturated heterocycles. The molecule has 0 radical (unpaired) electrons. The van der Waals surface area contributed by atoms with Gasteiger partial charge in [0.2, 0.25) is 0 Å². The van der Waals surface area contributed by atoms with Crippen LogP contribution in [0.1, 0.15) is 23.5 Å². The van der Waals surface area contributed by atoms with Gasteiger partial charge in [-0.2, -0.15) is 5.10 Å². The Bertz CT molecular complexity index is 736. The maximum absolute atomic E-state index is 4.76. The van der Waals surface area contributed by atoms with E-state index >= 15 is 0 Å². The largest absolute Gasteiger partial charge is 0.297 e. The third-order valence-corrected chi connectivity index (χ3v) is 5.42. The number of hydrogen-bond acceptors (Lipinski definition) is 5. The first kappa shape index (κ1) is 15.8. The highest BCUT2D eigenvalue weighted by Crippen LogP contribution is 2.33. The van der Waals surface area contributed by atoms with Gasteiger partial charge in [-0.1, -0.05) is 30.3 Å². The standard InChI is InChI=1S/C17H21N5S/c1-13-16(23-17(20-13)15-7-5-4-6-8-15)14(2)21(3)9-10-22-12-18-11-19-22/h4-8,11-12,14H,9-10H2,1-3H3. The fourth-order valence-electron chi connectivity index (χ4n) is 2.50. The van der Waals surface area contributed by atoms with E-state index in [1.165, 1.54) is 10.4 Å². The Morgan fingerprint density at radius 2 is 2.04 bits per heavy atom. The van der Waals surface area contributed by atoms with Crippen LogP contribution in [0.5, 0.6) is 0 Å². The molecule has 0 aliphatic heterocycles. The lowest BCUT2D eigenvalue weighted by Crippen LogP contribution is -2.26. The summed E-state index contributed by atoms with van der Waals surface area (Å²) in [5, 5.41) is 5.24. The summed E-state index contributed by atoms with van der Waals surface area (Å²) < 4.78 is 1.86. The third-order valence-electron chi connectivity index (χ3n) is 4.04. The number of hydrogen-bond donors (Lipinski definition) is 0. The van der Waals surface area contributed by atoms with Crippen molar-refractivity contribution >= 4 is 11.3 Å². The van der Waals surface area contributed by atoms with Crippen LogP contribution >= 0.6 is 11.3 Å². The molecular weight excluding hydrogens is 306 g/mol. The summed E-state index contributed by atoms with van der Waals surface area (Å²) in [6.45, 7) is 6.09. The second kappa shape index (κ2) is 7.02. The monoisotopic (exact) mass is 327 g/mol. The smallest absolute Gasteiger partial charge is 0.137 e. The van der Waals surface area contributed by atoms with Crippen LogP contribution in [0.15, 0.2) is 43.0 Å². The Hall–Kier alpha value is -2.05. The van der Waals surface area contributed by atoms with Gasteiger partial charge >= 0.3 is 0 Å². The van der Waals surface area contributed by atoms with Gasteiger partial charge in [0, 0.05) is 23.0 Å². The zero-order valence-electron chi connectivity index (χ0n) is 13.7. The van der Waals surface area contributed by atoms with Crippen LogP contribution in [0.3, 0.4) is 0 Å². The van der Waals surface area contributed by atoms with E-state index in [1.807, 2.05) is 10.7 Å². The van der Waals surface area contributed by atoms with Crippen molar-refractivity contribution in [1.29, 1.82) is 0 Å². The van der Waals surface area contributed by atoms with Crippen LogP contribution in [0.4, 0.5) is 0 Å². The van der Waals surface area contributed by atoms with Gasteiger partial charge in [0.15, 0.2) is 0 Å². The van der Waals surface area contributed by atoms with E-state index in [9.17, 15) is 0 Å². The summed E-state index contributed by atoms with van der Waals surface area (Å²) in [5.74, 6) is 0. The Morgan fingerprint density at radius 3 is 2.74 bits per heavy atom. The van der Waals surface area contributed by atoms with Crippen LogP contribution < -0.4 is 0 Å². The lowest BCUT2D eigenvalue weighted by atomic mass is 10.2. The van der Waals surface area contributed by atoms with Crippen LogP contribution in [0.25, 0.3) is 10.6 Å².